The lowest BCUT2D eigenvalue weighted by Gasteiger charge is -2.41. The second-order valence-corrected chi connectivity index (χ2v) is 8.46. The molecule has 0 amide bonds. The van der Waals surface area contributed by atoms with E-state index in [1.165, 1.54) is 32.2 Å². The minimum atomic E-state index is 0.326. The van der Waals surface area contributed by atoms with E-state index < -0.39 is 0 Å². The first-order chi connectivity index (χ1) is 8.63. The van der Waals surface area contributed by atoms with Crippen molar-refractivity contribution in [1.82, 2.24) is 4.90 Å². The Morgan fingerprint density at radius 2 is 1.58 bits per heavy atom. The van der Waals surface area contributed by atoms with Crippen molar-refractivity contribution in [2.24, 2.45) is 23.2 Å². The first kappa shape index (κ1) is 17.0. The molecule has 1 heterocycles. The minimum absolute atomic E-state index is 0.326. The highest BCUT2D eigenvalue weighted by molar-refractivity contribution is 4.91. The predicted octanol–water partition coefficient (Wildman–Crippen LogP) is 5.21. The Kier molecular flexibility index (Phi) is 5.52. The quantitative estimate of drug-likeness (QED) is 0.664. The van der Waals surface area contributed by atoms with Crippen LogP contribution in [0.3, 0.4) is 0 Å². The van der Waals surface area contributed by atoms with Gasteiger partial charge in [0.25, 0.3) is 0 Å². The molecule has 1 heteroatoms. The fourth-order valence-electron chi connectivity index (χ4n) is 4.52. The summed E-state index contributed by atoms with van der Waals surface area (Å²) in [7, 11) is 2.32. The van der Waals surface area contributed by atoms with E-state index in [0.29, 0.717) is 11.0 Å². The third kappa shape index (κ3) is 4.21. The van der Waals surface area contributed by atoms with Gasteiger partial charge in [-0.2, -0.15) is 0 Å². The van der Waals surface area contributed by atoms with Gasteiger partial charge in [0.15, 0.2) is 0 Å². The maximum Gasteiger partial charge on any atom is 0.0153 e. The molecule has 1 saturated heterocycles. The average Bonchev–Trinajstić information content (AvgIpc) is 2.27. The molecule has 3 atom stereocenters. The molecule has 0 aliphatic carbocycles. The highest BCUT2D eigenvalue weighted by Crippen LogP contribution is 2.42. The standard InChI is InChI=1S/C18H37N/c1-9-15-12-17(4,5)13-19(8)18(6,7)11-14(3)16(15)10-2/h14-16H,9-13H2,1-8H3. The predicted molar refractivity (Wildman–Crippen MR) is 86.5 cm³/mol. The third-order valence-electron chi connectivity index (χ3n) is 5.67. The SMILES string of the molecule is CCC1CC(C)(C)CN(C)C(C)(C)CC(C)C1CC. The molecule has 114 valence electrons. The first-order valence-corrected chi connectivity index (χ1v) is 8.34. The van der Waals surface area contributed by atoms with Crippen molar-refractivity contribution < 1.29 is 0 Å². The molecule has 0 bridgehead atoms. The molecule has 0 radical (unpaired) electrons. The fraction of sp³-hybridized carbons (Fsp3) is 1.00. The molecule has 3 unspecified atom stereocenters. The zero-order chi connectivity index (χ0) is 14.8. The lowest BCUT2D eigenvalue weighted by Crippen LogP contribution is -2.46. The molecule has 19 heavy (non-hydrogen) atoms. The van der Waals surface area contributed by atoms with E-state index in [0.717, 1.165) is 17.8 Å². The Balaban J connectivity index is 3.07. The van der Waals surface area contributed by atoms with Crippen molar-refractivity contribution in [3.05, 3.63) is 0 Å². The molecule has 0 spiro atoms. The van der Waals surface area contributed by atoms with Gasteiger partial charge in [-0.15, -0.1) is 0 Å². The van der Waals surface area contributed by atoms with Gasteiger partial charge in [-0.1, -0.05) is 47.5 Å². The van der Waals surface area contributed by atoms with Crippen LogP contribution in [0.15, 0.2) is 0 Å². The molecule has 0 saturated carbocycles. The van der Waals surface area contributed by atoms with Gasteiger partial charge >= 0.3 is 0 Å². The second kappa shape index (κ2) is 6.16. The lowest BCUT2D eigenvalue weighted by molar-refractivity contribution is 0.0856. The van der Waals surface area contributed by atoms with Crippen molar-refractivity contribution in [3.63, 3.8) is 0 Å². The van der Waals surface area contributed by atoms with Gasteiger partial charge in [0.2, 0.25) is 0 Å². The minimum Gasteiger partial charge on any atom is -0.301 e. The van der Waals surface area contributed by atoms with Crippen LogP contribution in [0, 0.1) is 23.2 Å². The molecule has 1 aliphatic heterocycles. The van der Waals surface area contributed by atoms with Crippen LogP contribution < -0.4 is 0 Å². The molecule has 0 aromatic heterocycles. The zero-order valence-electron chi connectivity index (χ0n) is 14.7. The van der Waals surface area contributed by atoms with Crippen molar-refractivity contribution in [1.29, 1.82) is 0 Å². The van der Waals surface area contributed by atoms with Crippen LogP contribution in [0.25, 0.3) is 0 Å². The number of hydrogen-bond donors (Lipinski definition) is 0. The van der Waals surface area contributed by atoms with E-state index in [4.69, 9.17) is 0 Å². The van der Waals surface area contributed by atoms with Crippen molar-refractivity contribution in [2.75, 3.05) is 13.6 Å². The number of hydrogen-bond acceptors (Lipinski definition) is 1. The first-order valence-electron chi connectivity index (χ1n) is 8.34. The van der Waals surface area contributed by atoms with Crippen LogP contribution in [0.2, 0.25) is 0 Å². The molecule has 0 aromatic carbocycles. The van der Waals surface area contributed by atoms with Gasteiger partial charge < -0.3 is 4.90 Å². The van der Waals surface area contributed by atoms with E-state index in [1.807, 2.05) is 0 Å². The lowest BCUT2D eigenvalue weighted by atomic mass is 9.70. The summed E-state index contributed by atoms with van der Waals surface area (Å²) >= 11 is 0. The summed E-state index contributed by atoms with van der Waals surface area (Å²) < 4.78 is 0. The Morgan fingerprint density at radius 1 is 1.00 bits per heavy atom. The number of rotatable bonds is 2. The smallest absolute Gasteiger partial charge is 0.0153 e. The molecular weight excluding hydrogens is 230 g/mol. The monoisotopic (exact) mass is 267 g/mol. The van der Waals surface area contributed by atoms with Crippen LogP contribution in [0.1, 0.15) is 74.1 Å². The third-order valence-corrected chi connectivity index (χ3v) is 5.67. The summed E-state index contributed by atoms with van der Waals surface area (Å²) in [6.07, 6.45) is 5.40. The maximum absolute atomic E-state index is 2.61. The average molecular weight is 268 g/mol. The molecule has 0 aromatic rings. The molecule has 1 nitrogen and oxygen atoms in total. The van der Waals surface area contributed by atoms with E-state index in [-0.39, 0.29) is 0 Å². The van der Waals surface area contributed by atoms with Crippen LogP contribution in [-0.4, -0.2) is 24.0 Å². The van der Waals surface area contributed by atoms with E-state index >= 15 is 0 Å². The summed E-state index contributed by atoms with van der Waals surface area (Å²) in [5.74, 6) is 2.63. The van der Waals surface area contributed by atoms with Crippen LogP contribution >= 0.6 is 0 Å². The summed E-state index contributed by atoms with van der Waals surface area (Å²) in [6, 6.07) is 0. The van der Waals surface area contributed by atoms with Crippen LogP contribution in [-0.2, 0) is 0 Å². The van der Waals surface area contributed by atoms with Crippen LogP contribution in [0.5, 0.6) is 0 Å². The summed E-state index contributed by atoms with van der Waals surface area (Å²) in [5.41, 5.74) is 0.761. The Bertz CT molecular complexity index is 279. The Labute approximate surface area is 122 Å². The zero-order valence-corrected chi connectivity index (χ0v) is 14.7. The van der Waals surface area contributed by atoms with E-state index in [2.05, 4.69) is 60.4 Å². The maximum atomic E-state index is 2.61. The van der Waals surface area contributed by atoms with Crippen molar-refractivity contribution in [3.8, 4) is 0 Å². The Morgan fingerprint density at radius 3 is 2.05 bits per heavy atom. The van der Waals surface area contributed by atoms with E-state index in [1.54, 1.807) is 0 Å². The van der Waals surface area contributed by atoms with Gasteiger partial charge in [-0.05, 0) is 56.9 Å². The molecular formula is C18H37N. The highest BCUT2D eigenvalue weighted by Gasteiger charge is 2.38. The summed E-state index contributed by atoms with van der Waals surface area (Å²) in [6.45, 7) is 18.3. The molecule has 0 N–H and O–H groups in total. The van der Waals surface area contributed by atoms with Crippen molar-refractivity contribution in [2.45, 2.75) is 79.7 Å². The van der Waals surface area contributed by atoms with Gasteiger partial charge in [-0.3, -0.25) is 0 Å². The Hall–Kier alpha value is -0.0400. The topological polar surface area (TPSA) is 3.24 Å². The largest absolute Gasteiger partial charge is 0.301 e. The highest BCUT2D eigenvalue weighted by atomic mass is 15.2. The summed E-state index contributed by atoms with van der Waals surface area (Å²) in [4.78, 5) is 2.61. The fourth-order valence-corrected chi connectivity index (χ4v) is 4.52. The van der Waals surface area contributed by atoms with Gasteiger partial charge in [0, 0.05) is 12.1 Å². The summed E-state index contributed by atoms with van der Waals surface area (Å²) in [5, 5.41) is 0. The molecule has 1 rings (SSSR count). The van der Waals surface area contributed by atoms with Gasteiger partial charge in [0.05, 0.1) is 0 Å². The second-order valence-electron chi connectivity index (χ2n) is 8.46. The molecule has 1 fully saturated rings. The van der Waals surface area contributed by atoms with Crippen LogP contribution in [0.4, 0.5) is 0 Å². The number of nitrogens with zero attached hydrogens (tertiary/aromatic N) is 1. The van der Waals surface area contributed by atoms with Crippen molar-refractivity contribution >= 4 is 0 Å². The molecule has 1 aliphatic rings. The van der Waals surface area contributed by atoms with E-state index in [9.17, 15) is 0 Å². The van der Waals surface area contributed by atoms with Gasteiger partial charge in [-0.25, -0.2) is 0 Å². The van der Waals surface area contributed by atoms with Gasteiger partial charge in [0.1, 0.15) is 0 Å². The normalized spacial score (nSPS) is 36.3.